The number of hydrogen-bond donors (Lipinski definition) is 3. The molecule has 2 aliphatic rings. The van der Waals surface area contributed by atoms with Crippen molar-refractivity contribution in [2.75, 3.05) is 6.54 Å². The third kappa shape index (κ3) is 3.34. The molecule has 1 heterocycles. The van der Waals surface area contributed by atoms with E-state index in [-0.39, 0.29) is 23.8 Å². The van der Waals surface area contributed by atoms with Crippen molar-refractivity contribution in [1.29, 1.82) is 0 Å². The van der Waals surface area contributed by atoms with Gasteiger partial charge in [0.25, 0.3) is 0 Å². The normalized spacial score (nSPS) is 30.0. The third-order valence-electron chi connectivity index (χ3n) is 5.09. The molecule has 1 spiro atoms. The Bertz CT molecular complexity index is 496. The molecule has 4 N–H and O–H groups in total. The summed E-state index contributed by atoms with van der Waals surface area (Å²) in [6.45, 7) is 5.63. The van der Waals surface area contributed by atoms with Crippen molar-refractivity contribution in [2.24, 2.45) is 17.1 Å². The number of carbonyl (C=O) groups excluding carboxylic acids is 3. The Morgan fingerprint density at radius 1 is 1.30 bits per heavy atom. The van der Waals surface area contributed by atoms with Crippen LogP contribution in [0.25, 0.3) is 0 Å². The van der Waals surface area contributed by atoms with Crippen molar-refractivity contribution >= 4 is 17.7 Å². The molecule has 130 valence electrons. The SMILES string of the molecule is CC(C)C(=O)NC1CCC2(CC1)CN(C(C(N)=O)[C@@H](C)O)C2=O. The summed E-state index contributed by atoms with van der Waals surface area (Å²) in [6, 6.07) is -0.840. The van der Waals surface area contributed by atoms with Crippen LogP contribution >= 0.6 is 0 Å². The summed E-state index contributed by atoms with van der Waals surface area (Å²) in [7, 11) is 0. The van der Waals surface area contributed by atoms with E-state index in [2.05, 4.69) is 5.32 Å². The van der Waals surface area contributed by atoms with Crippen molar-refractivity contribution < 1.29 is 19.5 Å². The minimum atomic E-state index is -0.976. The third-order valence-corrected chi connectivity index (χ3v) is 5.09. The zero-order chi connectivity index (χ0) is 17.4. The average molecular weight is 325 g/mol. The van der Waals surface area contributed by atoms with E-state index in [1.54, 1.807) is 0 Å². The molecule has 0 bridgehead atoms. The van der Waals surface area contributed by atoms with Crippen LogP contribution in [-0.4, -0.2) is 52.5 Å². The monoisotopic (exact) mass is 325 g/mol. The molecule has 1 unspecified atom stereocenters. The fourth-order valence-electron chi connectivity index (χ4n) is 3.61. The zero-order valence-electron chi connectivity index (χ0n) is 14.0. The molecule has 1 saturated carbocycles. The molecule has 0 aromatic carbocycles. The molecular weight excluding hydrogens is 298 g/mol. The van der Waals surface area contributed by atoms with Crippen molar-refractivity contribution in [3.63, 3.8) is 0 Å². The molecule has 1 saturated heterocycles. The summed E-state index contributed by atoms with van der Waals surface area (Å²) in [5.41, 5.74) is 4.85. The van der Waals surface area contributed by atoms with Crippen LogP contribution in [0.3, 0.4) is 0 Å². The molecule has 1 aliphatic heterocycles. The van der Waals surface area contributed by atoms with Gasteiger partial charge >= 0.3 is 0 Å². The van der Waals surface area contributed by atoms with E-state index in [1.807, 2.05) is 13.8 Å². The lowest BCUT2D eigenvalue weighted by atomic mass is 9.66. The van der Waals surface area contributed by atoms with E-state index in [1.165, 1.54) is 11.8 Å². The van der Waals surface area contributed by atoms with Gasteiger partial charge in [-0.15, -0.1) is 0 Å². The first-order valence-corrected chi connectivity index (χ1v) is 8.27. The Morgan fingerprint density at radius 2 is 1.87 bits per heavy atom. The van der Waals surface area contributed by atoms with Crippen LogP contribution < -0.4 is 11.1 Å². The fourth-order valence-corrected chi connectivity index (χ4v) is 3.61. The lowest BCUT2D eigenvalue weighted by Crippen LogP contribution is -2.69. The Balaban J connectivity index is 1.92. The summed E-state index contributed by atoms with van der Waals surface area (Å²) in [6.07, 6.45) is 1.92. The number of hydrogen-bond acceptors (Lipinski definition) is 4. The Labute approximate surface area is 136 Å². The van der Waals surface area contributed by atoms with E-state index in [0.717, 1.165) is 12.8 Å². The van der Waals surface area contributed by atoms with Gasteiger partial charge in [0.2, 0.25) is 17.7 Å². The summed E-state index contributed by atoms with van der Waals surface area (Å²) in [4.78, 5) is 37.1. The van der Waals surface area contributed by atoms with Crippen LogP contribution in [0.2, 0.25) is 0 Å². The molecular formula is C16H27N3O4. The standard InChI is InChI=1S/C16H27N3O4/c1-9(2)14(22)18-11-4-6-16(7-5-11)8-19(15(16)23)12(10(3)20)13(17)21/h9-12,20H,4-8H2,1-3H3,(H2,17,21)(H,18,22)/t10-,11?,12?,16?/m1/s1. The molecule has 3 amide bonds. The number of nitrogens with two attached hydrogens (primary N) is 1. The molecule has 0 aromatic rings. The van der Waals surface area contributed by atoms with Gasteiger partial charge in [-0.2, -0.15) is 0 Å². The fraction of sp³-hybridized carbons (Fsp3) is 0.812. The predicted octanol–water partition coefficient (Wildman–Crippen LogP) is -0.235. The smallest absolute Gasteiger partial charge is 0.242 e. The summed E-state index contributed by atoms with van der Waals surface area (Å²) in [5, 5.41) is 12.7. The van der Waals surface area contributed by atoms with E-state index < -0.39 is 23.5 Å². The van der Waals surface area contributed by atoms with Crippen molar-refractivity contribution in [3.8, 4) is 0 Å². The first-order valence-electron chi connectivity index (χ1n) is 8.27. The Hall–Kier alpha value is -1.63. The van der Waals surface area contributed by atoms with Crippen LogP contribution in [0.4, 0.5) is 0 Å². The Kier molecular flexibility index (Phi) is 4.98. The second kappa shape index (κ2) is 6.47. The predicted molar refractivity (Wildman–Crippen MR) is 84.0 cm³/mol. The molecule has 23 heavy (non-hydrogen) atoms. The highest BCUT2D eigenvalue weighted by atomic mass is 16.3. The molecule has 7 heteroatoms. The lowest BCUT2D eigenvalue weighted by Gasteiger charge is -2.54. The zero-order valence-corrected chi connectivity index (χ0v) is 14.0. The largest absolute Gasteiger partial charge is 0.391 e. The minimum absolute atomic E-state index is 0.0374. The molecule has 1 aliphatic carbocycles. The van der Waals surface area contributed by atoms with Gasteiger partial charge in [0.1, 0.15) is 6.04 Å². The number of β-lactam (4-membered cyclic amide) rings is 1. The molecule has 2 fully saturated rings. The van der Waals surface area contributed by atoms with Crippen LogP contribution in [0.15, 0.2) is 0 Å². The first kappa shape index (κ1) is 17.7. The number of primary amides is 1. The van der Waals surface area contributed by atoms with Crippen LogP contribution in [0.1, 0.15) is 46.5 Å². The topological polar surface area (TPSA) is 113 Å². The molecule has 0 radical (unpaired) electrons. The molecule has 2 rings (SSSR count). The highest BCUT2D eigenvalue weighted by molar-refractivity contribution is 5.94. The van der Waals surface area contributed by atoms with E-state index >= 15 is 0 Å². The minimum Gasteiger partial charge on any atom is -0.391 e. The molecule has 2 atom stereocenters. The van der Waals surface area contributed by atoms with Gasteiger partial charge in [0, 0.05) is 18.5 Å². The number of aliphatic hydroxyl groups excluding tert-OH is 1. The summed E-state index contributed by atoms with van der Waals surface area (Å²) >= 11 is 0. The van der Waals surface area contributed by atoms with E-state index in [4.69, 9.17) is 5.73 Å². The van der Waals surface area contributed by atoms with Gasteiger partial charge in [-0.05, 0) is 32.6 Å². The maximum absolute atomic E-state index is 12.5. The van der Waals surface area contributed by atoms with Gasteiger partial charge in [-0.25, -0.2) is 0 Å². The lowest BCUT2D eigenvalue weighted by molar-refractivity contribution is -0.175. The van der Waals surface area contributed by atoms with Crippen molar-refractivity contribution in [2.45, 2.75) is 64.6 Å². The van der Waals surface area contributed by atoms with Gasteiger partial charge in [0.05, 0.1) is 11.5 Å². The molecule has 0 aromatic heterocycles. The number of amides is 3. The number of nitrogens with one attached hydrogen (secondary N) is 1. The maximum Gasteiger partial charge on any atom is 0.242 e. The second-order valence-electron chi connectivity index (χ2n) is 7.24. The van der Waals surface area contributed by atoms with Gasteiger partial charge in [-0.3, -0.25) is 14.4 Å². The maximum atomic E-state index is 12.5. The number of rotatable bonds is 5. The molecule has 7 nitrogen and oxygen atoms in total. The highest BCUT2D eigenvalue weighted by Crippen LogP contribution is 2.46. The van der Waals surface area contributed by atoms with Crippen LogP contribution in [-0.2, 0) is 14.4 Å². The number of aliphatic hydroxyl groups is 1. The van der Waals surface area contributed by atoms with E-state index in [9.17, 15) is 19.5 Å². The van der Waals surface area contributed by atoms with Gasteiger partial charge < -0.3 is 21.1 Å². The summed E-state index contributed by atoms with van der Waals surface area (Å²) in [5.74, 6) is -0.790. The quantitative estimate of drug-likeness (QED) is 0.606. The van der Waals surface area contributed by atoms with Crippen LogP contribution in [0, 0.1) is 11.3 Å². The average Bonchev–Trinajstić information content (AvgIpc) is 2.47. The number of nitrogens with zero attached hydrogens (tertiary/aromatic N) is 1. The van der Waals surface area contributed by atoms with Crippen molar-refractivity contribution in [3.05, 3.63) is 0 Å². The van der Waals surface area contributed by atoms with Gasteiger partial charge in [0.15, 0.2) is 0 Å². The van der Waals surface area contributed by atoms with E-state index in [0.29, 0.717) is 19.4 Å². The number of carbonyl (C=O) groups is 3. The van der Waals surface area contributed by atoms with Gasteiger partial charge in [-0.1, -0.05) is 13.8 Å². The first-order chi connectivity index (χ1) is 10.7. The number of likely N-dealkylation sites (tertiary alicyclic amines) is 1. The highest BCUT2D eigenvalue weighted by Gasteiger charge is 2.56. The summed E-state index contributed by atoms with van der Waals surface area (Å²) < 4.78 is 0. The second-order valence-corrected chi connectivity index (χ2v) is 7.24. The van der Waals surface area contributed by atoms with Crippen LogP contribution in [0.5, 0.6) is 0 Å². The Morgan fingerprint density at radius 3 is 2.26 bits per heavy atom. The van der Waals surface area contributed by atoms with Crippen molar-refractivity contribution in [1.82, 2.24) is 10.2 Å².